The Bertz CT molecular complexity index is 185. The van der Waals surface area contributed by atoms with E-state index in [1.807, 2.05) is 0 Å². The molecule has 5 nitrogen and oxygen atoms in total. The lowest BCUT2D eigenvalue weighted by atomic mass is 10.1. The maximum absolute atomic E-state index is 9.90. The maximum Gasteiger partial charge on any atom is 0.327 e. The van der Waals surface area contributed by atoms with Crippen molar-refractivity contribution >= 4 is 24.3 Å². The van der Waals surface area contributed by atoms with Crippen LogP contribution in [-0.4, -0.2) is 27.7 Å². The van der Waals surface area contributed by atoms with Gasteiger partial charge in [-0.15, -0.1) is 12.4 Å². The molecular weight excluding hydrogens is 198 g/mol. The quantitative estimate of drug-likeness (QED) is 0.577. The monoisotopic (exact) mass is 211 g/mol. The van der Waals surface area contributed by atoms with Gasteiger partial charge in [0.15, 0.2) is 0 Å². The number of aliphatic carboxylic acids is 2. The minimum Gasteiger partial charge on any atom is -0.480 e. The smallest absolute Gasteiger partial charge is 0.327 e. The SMILES string of the molecule is C=CC(=O)O.CC(C)(N)C(=O)O.Cl. The molecule has 0 aliphatic carbocycles. The van der Waals surface area contributed by atoms with Gasteiger partial charge in [0.1, 0.15) is 5.54 Å². The number of carboxylic acid groups (broad SMARTS) is 2. The third-order valence-electron chi connectivity index (χ3n) is 0.726. The second kappa shape index (κ2) is 7.57. The Morgan fingerprint density at radius 2 is 1.54 bits per heavy atom. The predicted molar refractivity (Wildman–Crippen MR) is 51.0 cm³/mol. The van der Waals surface area contributed by atoms with Crippen molar-refractivity contribution in [2.24, 2.45) is 5.73 Å². The summed E-state index contributed by atoms with van der Waals surface area (Å²) in [6.07, 6.45) is 0.833. The average Bonchev–Trinajstić information content (AvgIpc) is 1.87. The molecule has 0 radical (unpaired) electrons. The van der Waals surface area contributed by atoms with Crippen LogP contribution in [0.1, 0.15) is 13.8 Å². The minimum atomic E-state index is -1.08. The van der Waals surface area contributed by atoms with E-state index in [1.165, 1.54) is 13.8 Å². The maximum atomic E-state index is 9.90. The van der Waals surface area contributed by atoms with E-state index >= 15 is 0 Å². The molecule has 0 saturated heterocycles. The largest absolute Gasteiger partial charge is 0.480 e. The zero-order valence-electron chi connectivity index (χ0n) is 7.48. The summed E-state index contributed by atoms with van der Waals surface area (Å²) < 4.78 is 0. The molecule has 0 amide bonds. The van der Waals surface area contributed by atoms with Crippen LogP contribution in [0.15, 0.2) is 12.7 Å². The molecule has 0 aromatic rings. The summed E-state index contributed by atoms with van der Waals surface area (Å²) in [7, 11) is 0. The standard InChI is InChI=1S/C4H9NO2.C3H4O2.ClH/c1-4(2,5)3(6)7;1-2-3(4)5;/h5H2,1-2H3,(H,6,7);2H,1H2,(H,4,5);1H. The van der Waals surface area contributed by atoms with E-state index in [-0.39, 0.29) is 12.4 Å². The molecule has 0 atom stereocenters. The van der Waals surface area contributed by atoms with Gasteiger partial charge in [-0.1, -0.05) is 6.58 Å². The Kier molecular flexibility index (Phi) is 10.4. The highest BCUT2D eigenvalue weighted by atomic mass is 35.5. The molecule has 78 valence electrons. The number of nitrogens with two attached hydrogens (primary N) is 1. The molecule has 6 heteroatoms. The van der Waals surface area contributed by atoms with Crippen LogP contribution in [0.5, 0.6) is 0 Å². The van der Waals surface area contributed by atoms with Gasteiger partial charge in [-0.25, -0.2) is 4.79 Å². The molecule has 13 heavy (non-hydrogen) atoms. The number of halogens is 1. The van der Waals surface area contributed by atoms with Crippen molar-refractivity contribution in [2.75, 3.05) is 0 Å². The molecule has 0 heterocycles. The Balaban J connectivity index is -0.000000150. The highest BCUT2D eigenvalue weighted by molar-refractivity contribution is 5.85. The molecule has 0 spiro atoms. The summed E-state index contributed by atoms with van der Waals surface area (Å²) in [5, 5.41) is 15.7. The third kappa shape index (κ3) is 18.1. The molecule has 0 saturated carbocycles. The first kappa shape index (κ1) is 17.9. The van der Waals surface area contributed by atoms with Crippen molar-refractivity contribution in [3.05, 3.63) is 12.7 Å². The summed E-state index contributed by atoms with van der Waals surface area (Å²) in [5.74, 6) is -1.96. The normalized spacial score (nSPS) is 8.54. The number of hydrogen-bond donors (Lipinski definition) is 3. The second-order valence-corrected chi connectivity index (χ2v) is 2.57. The van der Waals surface area contributed by atoms with E-state index < -0.39 is 17.5 Å². The first-order valence-electron chi connectivity index (χ1n) is 3.09. The summed E-state index contributed by atoms with van der Waals surface area (Å²) in [5.41, 5.74) is 4.00. The highest BCUT2D eigenvalue weighted by Crippen LogP contribution is 1.93. The van der Waals surface area contributed by atoms with Gasteiger partial charge in [0.25, 0.3) is 0 Å². The minimum absolute atomic E-state index is 0. The van der Waals surface area contributed by atoms with E-state index in [0.717, 1.165) is 6.08 Å². The van der Waals surface area contributed by atoms with Crippen LogP contribution in [0.4, 0.5) is 0 Å². The van der Waals surface area contributed by atoms with Crippen LogP contribution in [-0.2, 0) is 9.59 Å². The topological polar surface area (TPSA) is 101 Å². The predicted octanol–water partition coefficient (Wildman–Crippen LogP) is 0.487. The molecular formula is C7H14ClNO4. The third-order valence-corrected chi connectivity index (χ3v) is 0.726. The Morgan fingerprint density at radius 3 is 1.54 bits per heavy atom. The fraction of sp³-hybridized carbons (Fsp3) is 0.429. The molecule has 0 aliphatic rings. The lowest BCUT2D eigenvalue weighted by Crippen LogP contribution is -2.41. The van der Waals surface area contributed by atoms with Gasteiger partial charge >= 0.3 is 11.9 Å². The van der Waals surface area contributed by atoms with Crippen molar-refractivity contribution in [1.82, 2.24) is 0 Å². The fourth-order valence-corrected chi connectivity index (χ4v) is 0. The van der Waals surface area contributed by atoms with Crippen molar-refractivity contribution in [3.8, 4) is 0 Å². The number of hydrogen-bond acceptors (Lipinski definition) is 3. The first-order chi connectivity index (χ1) is 5.21. The van der Waals surface area contributed by atoms with Crippen LogP contribution in [0.2, 0.25) is 0 Å². The molecule has 0 rings (SSSR count). The van der Waals surface area contributed by atoms with Crippen LogP contribution in [0, 0.1) is 0 Å². The van der Waals surface area contributed by atoms with Gasteiger partial charge in [-0.3, -0.25) is 4.79 Å². The zero-order valence-corrected chi connectivity index (χ0v) is 8.30. The van der Waals surface area contributed by atoms with E-state index in [0.29, 0.717) is 0 Å². The summed E-state index contributed by atoms with van der Waals surface area (Å²) in [6.45, 7) is 5.84. The summed E-state index contributed by atoms with van der Waals surface area (Å²) in [6, 6.07) is 0. The van der Waals surface area contributed by atoms with Crippen LogP contribution in [0.25, 0.3) is 0 Å². The van der Waals surface area contributed by atoms with Gasteiger partial charge in [0.05, 0.1) is 0 Å². The molecule has 0 aromatic heterocycles. The molecule has 0 bridgehead atoms. The van der Waals surface area contributed by atoms with Crippen molar-refractivity contribution in [2.45, 2.75) is 19.4 Å². The molecule has 0 aromatic carbocycles. The zero-order chi connectivity index (χ0) is 10.4. The molecule has 0 aliphatic heterocycles. The Hall–Kier alpha value is -1.07. The van der Waals surface area contributed by atoms with E-state index in [9.17, 15) is 9.59 Å². The molecule has 0 fully saturated rings. The van der Waals surface area contributed by atoms with Crippen molar-refractivity contribution in [3.63, 3.8) is 0 Å². The van der Waals surface area contributed by atoms with E-state index in [2.05, 4.69) is 6.58 Å². The van der Waals surface area contributed by atoms with Crippen LogP contribution in [0.3, 0.4) is 0 Å². The average molecular weight is 212 g/mol. The first-order valence-corrected chi connectivity index (χ1v) is 3.09. The number of carbonyl (C=O) groups is 2. The fourth-order valence-electron chi connectivity index (χ4n) is 0. The second-order valence-electron chi connectivity index (χ2n) is 2.57. The van der Waals surface area contributed by atoms with Gasteiger partial charge in [-0.05, 0) is 13.8 Å². The van der Waals surface area contributed by atoms with Gasteiger partial charge in [0.2, 0.25) is 0 Å². The summed E-state index contributed by atoms with van der Waals surface area (Å²) in [4.78, 5) is 19.1. The van der Waals surface area contributed by atoms with Crippen molar-refractivity contribution < 1.29 is 19.8 Å². The lowest BCUT2D eigenvalue weighted by Gasteiger charge is -2.09. The Morgan fingerprint density at radius 1 is 1.38 bits per heavy atom. The van der Waals surface area contributed by atoms with Crippen molar-refractivity contribution in [1.29, 1.82) is 0 Å². The number of carboxylic acids is 2. The van der Waals surface area contributed by atoms with Crippen LogP contribution < -0.4 is 5.73 Å². The molecule has 4 N–H and O–H groups in total. The lowest BCUT2D eigenvalue weighted by molar-refractivity contribution is -0.142. The molecule has 0 unspecified atom stereocenters. The highest BCUT2D eigenvalue weighted by Gasteiger charge is 2.19. The van der Waals surface area contributed by atoms with Gasteiger partial charge in [-0.2, -0.15) is 0 Å². The van der Waals surface area contributed by atoms with E-state index in [4.69, 9.17) is 15.9 Å². The van der Waals surface area contributed by atoms with Gasteiger partial charge < -0.3 is 15.9 Å². The van der Waals surface area contributed by atoms with Gasteiger partial charge in [0, 0.05) is 6.08 Å². The van der Waals surface area contributed by atoms with Crippen LogP contribution >= 0.6 is 12.4 Å². The van der Waals surface area contributed by atoms with E-state index in [1.54, 1.807) is 0 Å². The number of rotatable bonds is 2. The Labute approximate surface area is 82.6 Å². The summed E-state index contributed by atoms with van der Waals surface area (Å²) >= 11 is 0.